The number of rotatable bonds is 3. The number of aryl methyl sites for hydroxylation is 1. The second-order valence-electron chi connectivity index (χ2n) is 5.91. The summed E-state index contributed by atoms with van der Waals surface area (Å²) < 4.78 is 12.8. The smallest absolute Gasteiger partial charge is 0.223 e. The van der Waals surface area contributed by atoms with Crippen LogP contribution in [0.5, 0.6) is 0 Å². The Morgan fingerprint density at radius 1 is 1.42 bits per heavy atom. The van der Waals surface area contributed by atoms with Crippen molar-refractivity contribution in [3.8, 4) is 0 Å². The molecule has 1 atom stereocenters. The van der Waals surface area contributed by atoms with Gasteiger partial charge in [0.1, 0.15) is 5.82 Å². The summed E-state index contributed by atoms with van der Waals surface area (Å²) in [5, 5.41) is 0. The first kappa shape index (κ1) is 14.0. The van der Waals surface area contributed by atoms with Gasteiger partial charge >= 0.3 is 0 Å². The fourth-order valence-corrected chi connectivity index (χ4v) is 2.77. The van der Waals surface area contributed by atoms with E-state index in [1.165, 1.54) is 12.1 Å². The van der Waals surface area contributed by atoms with E-state index >= 15 is 0 Å². The highest BCUT2D eigenvalue weighted by Crippen LogP contribution is 2.28. The van der Waals surface area contributed by atoms with Crippen LogP contribution < -0.4 is 5.73 Å². The summed E-state index contributed by atoms with van der Waals surface area (Å²) in [4.78, 5) is 14.1. The molecule has 0 bridgehead atoms. The van der Waals surface area contributed by atoms with Crippen molar-refractivity contribution in [2.24, 2.45) is 5.73 Å². The summed E-state index contributed by atoms with van der Waals surface area (Å²) in [5.74, 6) is -0.121. The van der Waals surface area contributed by atoms with Gasteiger partial charge in [0, 0.05) is 24.5 Å². The Bertz CT molecular complexity index is 456. The molecule has 19 heavy (non-hydrogen) atoms. The largest absolute Gasteiger partial charge is 0.336 e. The van der Waals surface area contributed by atoms with Gasteiger partial charge < -0.3 is 10.6 Å². The van der Waals surface area contributed by atoms with Gasteiger partial charge in [-0.1, -0.05) is 12.1 Å². The van der Waals surface area contributed by atoms with Crippen molar-refractivity contribution in [3.05, 3.63) is 35.6 Å². The van der Waals surface area contributed by atoms with Crippen molar-refractivity contribution in [3.63, 3.8) is 0 Å². The Morgan fingerprint density at radius 2 is 2.05 bits per heavy atom. The van der Waals surface area contributed by atoms with Crippen molar-refractivity contribution >= 4 is 5.91 Å². The van der Waals surface area contributed by atoms with Crippen LogP contribution in [0, 0.1) is 5.82 Å². The maximum Gasteiger partial charge on any atom is 0.223 e. The molecule has 0 radical (unpaired) electrons. The Balaban J connectivity index is 1.93. The fraction of sp³-hybridized carbons (Fsp3) is 0.533. The van der Waals surface area contributed by atoms with Crippen LogP contribution in [-0.2, 0) is 11.2 Å². The van der Waals surface area contributed by atoms with E-state index in [0.717, 1.165) is 12.0 Å². The van der Waals surface area contributed by atoms with Crippen LogP contribution in [0.25, 0.3) is 0 Å². The van der Waals surface area contributed by atoms with E-state index in [1.807, 2.05) is 4.90 Å². The third kappa shape index (κ3) is 3.32. The number of benzene rings is 1. The van der Waals surface area contributed by atoms with Gasteiger partial charge in [0.25, 0.3) is 0 Å². The molecule has 0 spiro atoms. The average Bonchev–Trinajstić information content (AvgIpc) is 2.61. The summed E-state index contributed by atoms with van der Waals surface area (Å²) in [6.07, 6.45) is 1.93. The normalized spacial score (nSPS) is 21.7. The lowest BCUT2D eigenvalue weighted by Crippen LogP contribution is -2.42. The standard InChI is InChI=1S/C15H21FN2O/c1-15(2)9-13(17)10-18(15)14(19)8-5-11-3-6-12(16)7-4-11/h3-4,6-7,13H,5,8-10,17H2,1-2H3. The number of halogens is 1. The van der Waals surface area contributed by atoms with Crippen molar-refractivity contribution in [2.45, 2.75) is 44.7 Å². The van der Waals surface area contributed by atoms with Crippen LogP contribution >= 0.6 is 0 Å². The number of carbonyl (C=O) groups excluding carboxylic acids is 1. The molecule has 1 aromatic rings. The summed E-state index contributed by atoms with van der Waals surface area (Å²) in [6.45, 7) is 4.74. The summed E-state index contributed by atoms with van der Waals surface area (Å²) in [5.41, 5.74) is 6.76. The number of likely N-dealkylation sites (tertiary alicyclic amines) is 1. The molecule has 1 aliphatic heterocycles. The third-order valence-electron chi connectivity index (χ3n) is 3.75. The Morgan fingerprint density at radius 3 is 2.58 bits per heavy atom. The number of nitrogens with zero attached hydrogens (tertiary/aromatic N) is 1. The van der Waals surface area contributed by atoms with Gasteiger partial charge in [0.05, 0.1) is 0 Å². The van der Waals surface area contributed by atoms with Gasteiger partial charge in [0.2, 0.25) is 5.91 Å². The fourth-order valence-electron chi connectivity index (χ4n) is 2.77. The van der Waals surface area contributed by atoms with E-state index in [1.54, 1.807) is 12.1 Å². The highest BCUT2D eigenvalue weighted by Gasteiger charge is 2.39. The van der Waals surface area contributed by atoms with Crippen molar-refractivity contribution < 1.29 is 9.18 Å². The Kier molecular flexibility index (Phi) is 3.90. The molecule has 0 aromatic heterocycles. The molecular weight excluding hydrogens is 243 g/mol. The maximum atomic E-state index is 12.8. The van der Waals surface area contributed by atoms with Crippen LogP contribution in [0.3, 0.4) is 0 Å². The predicted molar refractivity (Wildman–Crippen MR) is 73.1 cm³/mol. The summed E-state index contributed by atoms with van der Waals surface area (Å²) in [6, 6.07) is 6.38. The first-order valence-corrected chi connectivity index (χ1v) is 6.69. The first-order chi connectivity index (χ1) is 8.88. The second kappa shape index (κ2) is 5.29. The van der Waals surface area contributed by atoms with E-state index in [0.29, 0.717) is 19.4 Å². The number of carbonyl (C=O) groups is 1. The zero-order valence-electron chi connectivity index (χ0n) is 11.5. The monoisotopic (exact) mass is 264 g/mol. The topological polar surface area (TPSA) is 46.3 Å². The second-order valence-corrected chi connectivity index (χ2v) is 5.91. The van der Waals surface area contributed by atoms with E-state index in [2.05, 4.69) is 13.8 Å². The lowest BCUT2D eigenvalue weighted by molar-refractivity contribution is -0.134. The van der Waals surface area contributed by atoms with Gasteiger partial charge in [-0.25, -0.2) is 4.39 Å². The van der Waals surface area contributed by atoms with Crippen molar-refractivity contribution in [1.29, 1.82) is 0 Å². The zero-order chi connectivity index (χ0) is 14.0. The molecule has 104 valence electrons. The van der Waals surface area contributed by atoms with Gasteiger partial charge in [0.15, 0.2) is 0 Å². The molecule has 1 amide bonds. The lowest BCUT2D eigenvalue weighted by atomic mass is 10.00. The molecule has 1 fully saturated rings. The van der Waals surface area contributed by atoms with Gasteiger partial charge in [-0.3, -0.25) is 4.79 Å². The van der Waals surface area contributed by atoms with E-state index in [9.17, 15) is 9.18 Å². The Labute approximate surface area is 113 Å². The van der Waals surface area contributed by atoms with E-state index in [4.69, 9.17) is 5.73 Å². The molecular formula is C15H21FN2O. The van der Waals surface area contributed by atoms with Crippen LogP contribution in [0.15, 0.2) is 24.3 Å². The molecule has 0 aliphatic carbocycles. The van der Waals surface area contributed by atoms with Crippen LogP contribution in [0.4, 0.5) is 4.39 Å². The minimum Gasteiger partial charge on any atom is -0.336 e. The highest BCUT2D eigenvalue weighted by molar-refractivity contribution is 5.77. The van der Waals surface area contributed by atoms with Crippen LogP contribution in [0.2, 0.25) is 0 Å². The molecule has 4 heteroatoms. The predicted octanol–water partition coefficient (Wildman–Crippen LogP) is 2.10. The van der Waals surface area contributed by atoms with Gasteiger partial charge in [-0.2, -0.15) is 0 Å². The maximum absolute atomic E-state index is 12.8. The SMILES string of the molecule is CC1(C)CC(N)CN1C(=O)CCc1ccc(F)cc1. The van der Waals surface area contributed by atoms with E-state index in [-0.39, 0.29) is 23.3 Å². The molecule has 1 aromatic carbocycles. The summed E-state index contributed by atoms with van der Waals surface area (Å²) in [7, 11) is 0. The van der Waals surface area contributed by atoms with Crippen LogP contribution in [0.1, 0.15) is 32.3 Å². The number of hydrogen-bond acceptors (Lipinski definition) is 2. The van der Waals surface area contributed by atoms with Crippen molar-refractivity contribution in [1.82, 2.24) is 4.90 Å². The van der Waals surface area contributed by atoms with Crippen LogP contribution in [-0.4, -0.2) is 28.9 Å². The third-order valence-corrected chi connectivity index (χ3v) is 3.75. The molecule has 1 saturated heterocycles. The molecule has 0 saturated carbocycles. The molecule has 2 rings (SSSR count). The Hall–Kier alpha value is -1.42. The van der Waals surface area contributed by atoms with E-state index < -0.39 is 0 Å². The molecule has 3 nitrogen and oxygen atoms in total. The number of amides is 1. The minimum absolute atomic E-state index is 0.0739. The zero-order valence-corrected chi connectivity index (χ0v) is 11.5. The first-order valence-electron chi connectivity index (χ1n) is 6.69. The average molecular weight is 264 g/mol. The highest BCUT2D eigenvalue weighted by atomic mass is 19.1. The van der Waals surface area contributed by atoms with Gasteiger partial charge in [-0.05, 0) is 44.4 Å². The quantitative estimate of drug-likeness (QED) is 0.908. The molecule has 1 unspecified atom stereocenters. The minimum atomic E-state index is -0.248. The van der Waals surface area contributed by atoms with Gasteiger partial charge in [-0.15, -0.1) is 0 Å². The molecule has 1 heterocycles. The van der Waals surface area contributed by atoms with Crippen molar-refractivity contribution in [2.75, 3.05) is 6.54 Å². The number of nitrogens with two attached hydrogens (primary N) is 1. The number of hydrogen-bond donors (Lipinski definition) is 1. The molecule has 2 N–H and O–H groups in total. The summed E-state index contributed by atoms with van der Waals surface area (Å²) >= 11 is 0. The molecule has 1 aliphatic rings. The lowest BCUT2D eigenvalue weighted by Gasteiger charge is -2.31.